The van der Waals surface area contributed by atoms with E-state index >= 15 is 0 Å². The van der Waals surface area contributed by atoms with E-state index in [-0.39, 0.29) is 24.3 Å². The first kappa shape index (κ1) is 39.1. The Hall–Kier alpha value is -5.73. The molecular formula is C58H58B2N2. The number of aromatic nitrogens is 2. The highest BCUT2D eigenvalue weighted by Gasteiger charge is 2.42. The first-order chi connectivity index (χ1) is 29.3. The predicted molar refractivity (Wildman–Crippen MR) is 273 cm³/mol. The molecule has 0 fully saturated rings. The molecule has 62 heavy (non-hydrogen) atoms. The van der Waals surface area contributed by atoms with E-state index in [9.17, 15) is 0 Å². The largest absolute Gasteiger partial charge is 0.310 e. The molecule has 2 aromatic heterocycles. The molecule has 4 heteroatoms. The predicted octanol–water partition coefficient (Wildman–Crippen LogP) is 10.6. The average Bonchev–Trinajstić information content (AvgIpc) is 3.68. The molecule has 0 saturated heterocycles. The fraction of sp³-hybridized carbons (Fsp3) is 0.276. The highest BCUT2D eigenvalue weighted by atomic mass is 15.0. The lowest BCUT2D eigenvalue weighted by molar-refractivity contribution is 0.591. The number of hydrogen-bond acceptors (Lipinski definition) is 0. The van der Waals surface area contributed by atoms with Gasteiger partial charge in [0.05, 0.1) is 11.0 Å². The van der Waals surface area contributed by atoms with E-state index in [0.29, 0.717) is 0 Å². The van der Waals surface area contributed by atoms with Crippen LogP contribution in [0.4, 0.5) is 0 Å². The Morgan fingerprint density at radius 2 is 0.710 bits per heavy atom. The summed E-state index contributed by atoms with van der Waals surface area (Å²) in [6.45, 7) is 32.7. The van der Waals surface area contributed by atoms with Gasteiger partial charge in [-0.25, -0.2) is 0 Å². The normalized spacial score (nSPS) is 13.6. The highest BCUT2D eigenvalue weighted by Crippen LogP contribution is 2.40. The van der Waals surface area contributed by atoms with Gasteiger partial charge in [0.1, 0.15) is 0 Å². The van der Waals surface area contributed by atoms with Crippen molar-refractivity contribution in [1.29, 1.82) is 0 Å². The van der Waals surface area contributed by atoms with Gasteiger partial charge in [0.15, 0.2) is 0 Å². The standard InChI is InChI=1S/C58H58B2N2/c1-31-15-17-49-41(23-31)43-25-39(57(9,10)11)27-47-55(43)61(49)51-29-46-52(30-45(51)59(47)53-35(5)19-33(3)20-36(53)6)62-50-18-16-32(2)24-42(50)44-26-40(58(12,13)14)28-48(56(44)62)60(46)54-37(7)21-34(4)22-38(54)8/h15-30H,1-14H3. The zero-order chi connectivity index (χ0) is 43.6. The molecule has 0 aliphatic carbocycles. The van der Waals surface area contributed by atoms with Crippen LogP contribution in [0.1, 0.15) is 97.2 Å². The third-order valence-corrected chi connectivity index (χ3v) is 14.8. The molecule has 11 rings (SSSR count). The number of rotatable bonds is 2. The van der Waals surface area contributed by atoms with Crippen molar-refractivity contribution >= 4 is 89.8 Å². The molecule has 0 N–H and O–H groups in total. The number of aryl methyl sites for hydroxylation is 8. The van der Waals surface area contributed by atoms with Gasteiger partial charge in [-0.15, -0.1) is 0 Å². The van der Waals surface area contributed by atoms with Gasteiger partial charge in [-0.05, 0) is 148 Å². The average molecular weight is 805 g/mol. The van der Waals surface area contributed by atoms with Crippen molar-refractivity contribution in [3.8, 4) is 11.4 Å². The van der Waals surface area contributed by atoms with Crippen LogP contribution in [0.2, 0.25) is 0 Å². The lowest BCUT2D eigenvalue weighted by atomic mass is 9.31. The molecule has 2 aliphatic rings. The summed E-state index contributed by atoms with van der Waals surface area (Å²) in [6, 6.07) is 39.4. The lowest BCUT2D eigenvalue weighted by Gasteiger charge is -2.35. The van der Waals surface area contributed by atoms with Crippen LogP contribution >= 0.6 is 0 Å². The zero-order valence-corrected chi connectivity index (χ0v) is 39.3. The summed E-state index contributed by atoms with van der Waals surface area (Å²) in [5.41, 5.74) is 29.7. The molecular weight excluding hydrogens is 746 g/mol. The Morgan fingerprint density at radius 1 is 0.355 bits per heavy atom. The second-order valence-corrected chi connectivity index (χ2v) is 21.6. The number of benzene rings is 7. The third-order valence-electron chi connectivity index (χ3n) is 14.8. The van der Waals surface area contributed by atoms with Crippen LogP contribution in [0.5, 0.6) is 0 Å². The smallest absolute Gasteiger partial charge is 0.247 e. The molecule has 0 bridgehead atoms. The van der Waals surface area contributed by atoms with Crippen LogP contribution in [0.3, 0.4) is 0 Å². The Morgan fingerprint density at radius 3 is 1.05 bits per heavy atom. The van der Waals surface area contributed by atoms with Gasteiger partial charge in [-0.3, -0.25) is 0 Å². The Bertz CT molecular complexity index is 3190. The summed E-state index contributed by atoms with van der Waals surface area (Å²) >= 11 is 0. The SMILES string of the molecule is Cc1cc(C)c(B2c3cc4c(cc3-n3c5ccc(C)cc5c5cc(C(C)(C)C)cc2c53)B(c2c(C)cc(C)cc2C)c2cc(C(C)(C)C)cc3c5cc(C)ccc5n-4c23)c(C)c1. The molecule has 0 unspecified atom stereocenters. The Kier molecular flexibility index (Phi) is 8.15. The van der Waals surface area contributed by atoms with Crippen molar-refractivity contribution in [1.82, 2.24) is 9.13 Å². The van der Waals surface area contributed by atoms with Crippen molar-refractivity contribution < 1.29 is 0 Å². The van der Waals surface area contributed by atoms with Gasteiger partial charge in [-0.2, -0.15) is 0 Å². The summed E-state index contributed by atoms with van der Waals surface area (Å²) in [6.07, 6.45) is 0. The first-order valence-corrected chi connectivity index (χ1v) is 22.8. The van der Waals surface area contributed by atoms with Crippen LogP contribution in [0.15, 0.2) is 97.1 Å². The van der Waals surface area contributed by atoms with E-state index in [2.05, 4.69) is 203 Å². The fourth-order valence-electron chi connectivity index (χ4n) is 12.1. The number of fused-ring (bicyclic) bond motifs is 10. The summed E-state index contributed by atoms with van der Waals surface area (Å²) in [4.78, 5) is 0. The molecule has 306 valence electrons. The maximum Gasteiger partial charge on any atom is 0.247 e. The second kappa shape index (κ2) is 12.9. The van der Waals surface area contributed by atoms with Gasteiger partial charge in [0.25, 0.3) is 0 Å². The van der Waals surface area contributed by atoms with Gasteiger partial charge >= 0.3 is 0 Å². The first-order valence-electron chi connectivity index (χ1n) is 22.8. The van der Waals surface area contributed by atoms with Gasteiger partial charge < -0.3 is 9.13 Å². The molecule has 4 heterocycles. The minimum absolute atomic E-state index is 0.0264. The molecule has 0 saturated carbocycles. The molecule has 0 radical (unpaired) electrons. The Labute approximate surface area is 369 Å². The fourth-order valence-corrected chi connectivity index (χ4v) is 12.1. The van der Waals surface area contributed by atoms with Gasteiger partial charge in [-0.1, -0.05) is 146 Å². The monoisotopic (exact) mass is 804 g/mol. The van der Waals surface area contributed by atoms with Crippen LogP contribution < -0.4 is 32.8 Å². The van der Waals surface area contributed by atoms with E-state index in [0.717, 1.165) is 0 Å². The van der Waals surface area contributed by atoms with Crippen molar-refractivity contribution in [2.75, 3.05) is 0 Å². The molecule has 7 aromatic carbocycles. The lowest BCUT2D eigenvalue weighted by Crippen LogP contribution is -2.61. The quantitative estimate of drug-likeness (QED) is 0.154. The van der Waals surface area contributed by atoms with Crippen molar-refractivity contribution in [2.24, 2.45) is 0 Å². The van der Waals surface area contributed by atoms with Crippen molar-refractivity contribution in [3.05, 3.63) is 153 Å². The highest BCUT2D eigenvalue weighted by molar-refractivity contribution is 7.00. The number of nitrogens with zero attached hydrogens (tertiary/aromatic N) is 2. The third kappa shape index (κ3) is 5.44. The van der Waals surface area contributed by atoms with Gasteiger partial charge in [0, 0.05) is 44.0 Å². The molecule has 0 spiro atoms. The van der Waals surface area contributed by atoms with Crippen molar-refractivity contribution in [3.63, 3.8) is 0 Å². The van der Waals surface area contributed by atoms with E-state index < -0.39 is 0 Å². The molecule has 2 nitrogen and oxygen atoms in total. The number of hydrogen-bond donors (Lipinski definition) is 0. The summed E-state index contributed by atoms with van der Waals surface area (Å²) in [7, 11) is 0. The van der Waals surface area contributed by atoms with E-state index in [1.165, 1.54) is 143 Å². The van der Waals surface area contributed by atoms with Gasteiger partial charge in [0.2, 0.25) is 13.4 Å². The van der Waals surface area contributed by atoms with Crippen molar-refractivity contribution in [2.45, 2.75) is 108 Å². The molecule has 2 aliphatic heterocycles. The maximum atomic E-state index is 2.66. The van der Waals surface area contributed by atoms with Crippen LogP contribution in [-0.2, 0) is 10.8 Å². The van der Waals surface area contributed by atoms with Crippen LogP contribution in [0.25, 0.3) is 55.0 Å². The molecule has 0 amide bonds. The maximum absolute atomic E-state index is 2.66. The van der Waals surface area contributed by atoms with Crippen LogP contribution in [-0.4, -0.2) is 22.6 Å². The Balaban J connectivity index is 1.38. The summed E-state index contributed by atoms with van der Waals surface area (Å²) in [5.74, 6) is 0. The summed E-state index contributed by atoms with van der Waals surface area (Å²) < 4.78 is 5.33. The minimum atomic E-state index is -0.0264. The van der Waals surface area contributed by atoms with Crippen LogP contribution in [0, 0.1) is 55.4 Å². The van der Waals surface area contributed by atoms with E-state index in [1.54, 1.807) is 0 Å². The minimum Gasteiger partial charge on any atom is -0.310 e. The van der Waals surface area contributed by atoms with E-state index in [1.807, 2.05) is 0 Å². The summed E-state index contributed by atoms with van der Waals surface area (Å²) in [5, 5.41) is 5.39. The zero-order valence-electron chi connectivity index (χ0n) is 39.3. The molecule has 9 aromatic rings. The molecule has 0 atom stereocenters. The van der Waals surface area contributed by atoms with E-state index in [4.69, 9.17) is 0 Å². The second-order valence-electron chi connectivity index (χ2n) is 21.6. The topological polar surface area (TPSA) is 9.86 Å².